The number of halogens is 3. The van der Waals surface area contributed by atoms with Crippen LogP contribution in [0.15, 0.2) is 83.8 Å². The van der Waals surface area contributed by atoms with Crippen molar-refractivity contribution < 1.29 is 26.3 Å². The van der Waals surface area contributed by atoms with E-state index in [0.29, 0.717) is 24.1 Å². The Labute approximate surface area is 220 Å². The molecule has 2 aliphatic rings. The number of fused-ring (bicyclic) bond motifs is 3. The Morgan fingerprint density at radius 1 is 0.974 bits per heavy atom. The number of hydrogen-bond donors (Lipinski definition) is 2. The van der Waals surface area contributed by atoms with E-state index in [4.69, 9.17) is 10.5 Å². The standard InChI is InChI=1S/C28H30F3N3O3S/c29-28(30,31)20-11-14-25-24(17-20)27-23(26(33-25)19-7-3-1-4-8-19)13-12-21(37-27)18-34(16-15-32)38(35,36)22-9-5-2-6-10-22/h1-11,14,17,21,23,26-27,33H,12-13,15-16,18,32H2/t21-,23+,26+,27+/m1/s1. The van der Waals surface area contributed by atoms with Crippen molar-refractivity contribution in [3.63, 3.8) is 0 Å². The quantitative estimate of drug-likeness (QED) is 0.418. The fourth-order valence-electron chi connectivity index (χ4n) is 5.48. The smallest absolute Gasteiger partial charge is 0.378 e. The highest BCUT2D eigenvalue weighted by atomic mass is 32.2. The SMILES string of the molecule is NCCN(C[C@H]1CC[C@@H]2[C@H](O1)c1cc(C(F)(F)F)ccc1N[C@H]2c1ccccc1)S(=O)(=O)c1ccccc1. The summed E-state index contributed by atoms with van der Waals surface area (Å²) < 4.78 is 75.3. The minimum absolute atomic E-state index is 0.0649. The minimum atomic E-state index is -4.49. The van der Waals surface area contributed by atoms with E-state index in [1.54, 1.807) is 18.2 Å². The van der Waals surface area contributed by atoms with Gasteiger partial charge in [0.2, 0.25) is 10.0 Å². The van der Waals surface area contributed by atoms with E-state index in [0.717, 1.165) is 17.7 Å². The summed E-state index contributed by atoms with van der Waals surface area (Å²) in [5.74, 6) is -0.127. The highest BCUT2D eigenvalue weighted by molar-refractivity contribution is 7.89. The lowest BCUT2D eigenvalue weighted by molar-refractivity contribution is -0.138. The molecule has 0 aromatic heterocycles. The van der Waals surface area contributed by atoms with Crippen LogP contribution in [0.5, 0.6) is 0 Å². The molecule has 38 heavy (non-hydrogen) atoms. The van der Waals surface area contributed by atoms with Crippen molar-refractivity contribution in [3.8, 4) is 0 Å². The number of ether oxygens (including phenoxy) is 1. The Bertz CT molecular complexity index is 1350. The summed E-state index contributed by atoms with van der Waals surface area (Å²) in [6.07, 6.45) is -4.41. The van der Waals surface area contributed by atoms with Gasteiger partial charge in [-0.1, -0.05) is 48.5 Å². The molecule has 4 atom stereocenters. The second-order valence-electron chi connectivity index (χ2n) is 9.72. The van der Waals surface area contributed by atoms with Crippen molar-refractivity contribution in [2.45, 2.75) is 42.2 Å². The van der Waals surface area contributed by atoms with Crippen LogP contribution in [0.1, 0.15) is 41.7 Å². The van der Waals surface area contributed by atoms with Crippen LogP contribution < -0.4 is 11.1 Å². The number of nitrogens with zero attached hydrogens (tertiary/aromatic N) is 1. The molecule has 0 spiro atoms. The summed E-state index contributed by atoms with van der Waals surface area (Å²) in [6.45, 7) is 0.298. The van der Waals surface area contributed by atoms with Gasteiger partial charge in [0.25, 0.3) is 0 Å². The summed E-state index contributed by atoms with van der Waals surface area (Å²) in [7, 11) is -3.82. The van der Waals surface area contributed by atoms with Gasteiger partial charge in [0, 0.05) is 36.8 Å². The van der Waals surface area contributed by atoms with Crippen LogP contribution in [0.4, 0.5) is 18.9 Å². The molecule has 6 nitrogen and oxygen atoms in total. The molecule has 10 heteroatoms. The number of nitrogens with one attached hydrogen (secondary N) is 1. The fraction of sp³-hybridized carbons (Fsp3) is 0.357. The van der Waals surface area contributed by atoms with Crippen LogP contribution in [0, 0.1) is 5.92 Å². The average molecular weight is 546 g/mol. The zero-order valence-electron chi connectivity index (χ0n) is 20.6. The highest BCUT2D eigenvalue weighted by Gasteiger charge is 2.44. The zero-order valence-corrected chi connectivity index (χ0v) is 21.5. The van der Waals surface area contributed by atoms with Gasteiger partial charge in [-0.05, 0) is 48.7 Å². The summed E-state index contributed by atoms with van der Waals surface area (Å²) in [5.41, 5.74) is 7.07. The first kappa shape index (κ1) is 26.7. The molecule has 0 amide bonds. The van der Waals surface area contributed by atoms with E-state index >= 15 is 0 Å². The maximum Gasteiger partial charge on any atom is 0.416 e. The predicted molar refractivity (Wildman–Crippen MR) is 139 cm³/mol. The topological polar surface area (TPSA) is 84.7 Å². The summed E-state index contributed by atoms with van der Waals surface area (Å²) in [5, 5.41) is 3.44. The van der Waals surface area contributed by atoms with Crippen LogP contribution in [0.3, 0.4) is 0 Å². The second-order valence-corrected chi connectivity index (χ2v) is 11.7. The molecule has 0 saturated carbocycles. The van der Waals surface area contributed by atoms with E-state index in [9.17, 15) is 21.6 Å². The first-order valence-corrected chi connectivity index (χ1v) is 14.1. The molecule has 1 fully saturated rings. The molecule has 0 unspecified atom stereocenters. The van der Waals surface area contributed by atoms with Crippen molar-refractivity contribution in [3.05, 3.63) is 95.6 Å². The van der Waals surface area contributed by atoms with Crippen molar-refractivity contribution in [1.29, 1.82) is 0 Å². The van der Waals surface area contributed by atoms with Gasteiger partial charge in [-0.15, -0.1) is 0 Å². The molecule has 1 saturated heterocycles. The Morgan fingerprint density at radius 3 is 2.32 bits per heavy atom. The minimum Gasteiger partial charge on any atom is -0.378 e. The molecule has 3 N–H and O–H groups in total. The summed E-state index contributed by atoms with van der Waals surface area (Å²) in [6, 6.07) is 21.4. The van der Waals surface area contributed by atoms with Gasteiger partial charge < -0.3 is 15.8 Å². The van der Waals surface area contributed by atoms with Crippen molar-refractivity contribution in [2.75, 3.05) is 25.0 Å². The normalized spacial score (nSPS) is 23.4. The lowest BCUT2D eigenvalue weighted by Crippen LogP contribution is -2.45. The molecule has 2 heterocycles. The molecule has 0 aliphatic carbocycles. The Balaban J connectivity index is 1.47. The van der Waals surface area contributed by atoms with Gasteiger partial charge in [0.05, 0.1) is 28.7 Å². The molecule has 3 aromatic rings. The summed E-state index contributed by atoms with van der Waals surface area (Å²) >= 11 is 0. The number of benzene rings is 3. The van der Waals surface area contributed by atoms with Crippen LogP contribution in [-0.2, 0) is 20.9 Å². The first-order chi connectivity index (χ1) is 18.2. The van der Waals surface area contributed by atoms with E-state index in [1.165, 1.54) is 22.5 Å². The number of alkyl halides is 3. The van der Waals surface area contributed by atoms with E-state index < -0.39 is 34.0 Å². The van der Waals surface area contributed by atoms with Gasteiger partial charge in [-0.25, -0.2) is 8.42 Å². The molecule has 202 valence electrons. The van der Waals surface area contributed by atoms with Crippen molar-refractivity contribution in [2.24, 2.45) is 11.7 Å². The lowest BCUT2D eigenvalue weighted by Gasteiger charge is -2.46. The van der Waals surface area contributed by atoms with Crippen LogP contribution in [0.25, 0.3) is 0 Å². The molecule has 0 bridgehead atoms. The molecular formula is C28H30F3N3O3S. The van der Waals surface area contributed by atoms with Crippen LogP contribution in [0.2, 0.25) is 0 Å². The molecular weight excluding hydrogens is 515 g/mol. The zero-order chi connectivity index (χ0) is 26.9. The fourth-order valence-corrected chi connectivity index (χ4v) is 6.99. The Hall–Kier alpha value is -2.92. The van der Waals surface area contributed by atoms with Crippen molar-refractivity contribution >= 4 is 15.7 Å². The summed E-state index contributed by atoms with van der Waals surface area (Å²) in [4.78, 5) is 0.160. The van der Waals surface area contributed by atoms with E-state index in [2.05, 4.69) is 5.32 Å². The monoisotopic (exact) mass is 545 g/mol. The first-order valence-electron chi connectivity index (χ1n) is 12.6. The number of rotatable bonds is 7. The van der Waals surface area contributed by atoms with Gasteiger partial charge >= 0.3 is 6.18 Å². The molecule has 2 aliphatic heterocycles. The third-order valence-corrected chi connectivity index (χ3v) is 9.18. The van der Waals surface area contributed by atoms with Crippen molar-refractivity contribution in [1.82, 2.24) is 4.31 Å². The predicted octanol–water partition coefficient (Wildman–Crippen LogP) is 5.36. The number of anilines is 1. The van der Waals surface area contributed by atoms with Gasteiger partial charge in [-0.2, -0.15) is 17.5 Å². The third kappa shape index (κ3) is 5.31. The maximum absolute atomic E-state index is 13.6. The highest BCUT2D eigenvalue weighted by Crippen LogP contribution is 2.51. The number of hydrogen-bond acceptors (Lipinski definition) is 5. The Morgan fingerprint density at radius 2 is 1.66 bits per heavy atom. The van der Waals surface area contributed by atoms with E-state index in [-0.39, 0.29) is 36.5 Å². The maximum atomic E-state index is 13.6. The van der Waals surface area contributed by atoms with Crippen LogP contribution >= 0.6 is 0 Å². The lowest BCUT2D eigenvalue weighted by atomic mass is 9.76. The second kappa shape index (κ2) is 10.7. The molecule has 0 radical (unpaired) electrons. The largest absolute Gasteiger partial charge is 0.416 e. The van der Waals surface area contributed by atoms with E-state index in [1.807, 2.05) is 30.3 Å². The molecule has 5 rings (SSSR count). The Kier molecular flexibility index (Phi) is 7.50. The molecule has 3 aromatic carbocycles. The number of sulfonamides is 1. The van der Waals surface area contributed by atoms with Gasteiger partial charge in [0.1, 0.15) is 0 Å². The third-order valence-electron chi connectivity index (χ3n) is 7.30. The average Bonchev–Trinajstić information content (AvgIpc) is 2.92. The van der Waals surface area contributed by atoms with Gasteiger partial charge in [0.15, 0.2) is 0 Å². The van der Waals surface area contributed by atoms with Gasteiger partial charge in [-0.3, -0.25) is 0 Å². The van der Waals surface area contributed by atoms with Crippen LogP contribution in [-0.4, -0.2) is 38.5 Å². The number of nitrogens with two attached hydrogens (primary N) is 1.